The third-order valence-electron chi connectivity index (χ3n) is 4.27. The van der Waals surface area contributed by atoms with Crippen LogP contribution in [-0.2, 0) is 0 Å². The van der Waals surface area contributed by atoms with Gasteiger partial charge in [0.05, 0.1) is 11.4 Å². The predicted molar refractivity (Wildman–Crippen MR) is 105 cm³/mol. The fourth-order valence-corrected chi connectivity index (χ4v) is 3.61. The Kier molecular flexibility index (Phi) is 4.02. The maximum Gasteiger partial charge on any atom is 0.257 e. The fourth-order valence-electron chi connectivity index (χ4n) is 2.90. The largest absolute Gasteiger partial charge is 0.454 e. The second-order valence-corrected chi connectivity index (χ2v) is 6.92. The van der Waals surface area contributed by atoms with E-state index in [1.54, 1.807) is 23.0 Å². The Labute approximate surface area is 164 Å². The normalized spacial score (nSPS) is 12.1. The summed E-state index contributed by atoms with van der Waals surface area (Å²) in [6, 6.07) is 14.8. The van der Waals surface area contributed by atoms with E-state index in [1.807, 2.05) is 48.0 Å². The maximum atomic E-state index is 12.6. The molecule has 0 aliphatic carbocycles. The molecular weight excluding hydrogens is 376 g/mol. The smallest absolute Gasteiger partial charge is 0.257 e. The summed E-state index contributed by atoms with van der Waals surface area (Å²) in [7, 11) is 0. The molecule has 4 aromatic rings. The van der Waals surface area contributed by atoms with Crippen LogP contribution in [0, 0.1) is 0 Å². The summed E-state index contributed by atoms with van der Waals surface area (Å²) in [6.07, 6.45) is 3.52. The summed E-state index contributed by atoms with van der Waals surface area (Å²) in [5, 5.41) is 9.47. The highest BCUT2D eigenvalue weighted by molar-refractivity contribution is 7.14. The number of ether oxygens (including phenoxy) is 2. The summed E-state index contributed by atoms with van der Waals surface area (Å²) in [5.41, 5.74) is 3.02. The molecule has 0 spiro atoms. The van der Waals surface area contributed by atoms with Gasteiger partial charge in [-0.3, -0.25) is 10.1 Å². The lowest BCUT2D eigenvalue weighted by atomic mass is 10.1. The number of aromatic nitrogens is 3. The Morgan fingerprint density at radius 3 is 2.93 bits per heavy atom. The molecule has 0 bridgehead atoms. The molecule has 0 saturated heterocycles. The highest BCUT2D eigenvalue weighted by Gasteiger charge is 2.16. The van der Waals surface area contributed by atoms with Crippen LogP contribution >= 0.6 is 11.3 Å². The average Bonchev–Trinajstić information content (AvgIpc) is 3.48. The van der Waals surface area contributed by atoms with Gasteiger partial charge >= 0.3 is 0 Å². The zero-order chi connectivity index (χ0) is 18.9. The van der Waals surface area contributed by atoms with Crippen molar-refractivity contribution in [2.24, 2.45) is 0 Å². The summed E-state index contributed by atoms with van der Waals surface area (Å²) < 4.78 is 12.4. The number of amides is 1. The van der Waals surface area contributed by atoms with Crippen molar-refractivity contribution in [2.75, 3.05) is 12.1 Å². The standard InChI is InChI=1S/C20H14N4O3S/c25-19(14-3-1-4-15(9-14)24-8-2-7-21-24)23-20-22-16(11-28-20)13-5-6-17-18(10-13)27-12-26-17/h1-11H,12H2,(H,22,23,25). The monoisotopic (exact) mass is 390 g/mol. The second-order valence-electron chi connectivity index (χ2n) is 6.06. The fraction of sp³-hybridized carbons (Fsp3) is 0.0500. The van der Waals surface area contributed by atoms with Crippen molar-refractivity contribution in [1.82, 2.24) is 14.8 Å². The minimum Gasteiger partial charge on any atom is -0.454 e. The van der Waals surface area contributed by atoms with E-state index in [-0.39, 0.29) is 12.7 Å². The molecule has 8 heteroatoms. The number of thiazole rings is 1. The SMILES string of the molecule is O=C(Nc1nc(-c2ccc3c(c2)OCO3)cs1)c1cccc(-n2cccn2)c1. The summed E-state index contributed by atoms with van der Waals surface area (Å²) in [6.45, 7) is 0.231. The number of rotatable bonds is 4. The number of carbonyl (C=O) groups is 1. The molecule has 7 nitrogen and oxygen atoms in total. The minimum atomic E-state index is -0.222. The van der Waals surface area contributed by atoms with E-state index in [4.69, 9.17) is 9.47 Å². The van der Waals surface area contributed by atoms with Gasteiger partial charge in [-0.05, 0) is 42.5 Å². The van der Waals surface area contributed by atoms with Crippen LogP contribution in [0.5, 0.6) is 11.5 Å². The van der Waals surface area contributed by atoms with Crippen LogP contribution in [0.1, 0.15) is 10.4 Å². The van der Waals surface area contributed by atoms with Gasteiger partial charge < -0.3 is 9.47 Å². The Balaban J connectivity index is 1.35. The summed E-state index contributed by atoms with van der Waals surface area (Å²) in [5.74, 6) is 1.21. The Bertz CT molecular complexity index is 1150. The van der Waals surface area contributed by atoms with Crippen molar-refractivity contribution in [3.8, 4) is 28.4 Å². The molecule has 0 atom stereocenters. The molecule has 1 aliphatic rings. The predicted octanol–water partition coefficient (Wildman–Crippen LogP) is 3.98. The molecule has 138 valence electrons. The molecule has 0 fully saturated rings. The van der Waals surface area contributed by atoms with Gasteiger partial charge in [-0.2, -0.15) is 5.10 Å². The van der Waals surface area contributed by atoms with Gasteiger partial charge in [0.25, 0.3) is 5.91 Å². The Morgan fingerprint density at radius 2 is 2.04 bits per heavy atom. The van der Waals surface area contributed by atoms with Gasteiger partial charge in [0.1, 0.15) is 0 Å². The van der Waals surface area contributed by atoms with Crippen molar-refractivity contribution >= 4 is 22.4 Å². The van der Waals surface area contributed by atoms with E-state index in [0.29, 0.717) is 16.4 Å². The number of anilines is 1. The zero-order valence-corrected chi connectivity index (χ0v) is 15.3. The number of carbonyl (C=O) groups excluding carboxylic acids is 1. The first-order valence-corrected chi connectivity index (χ1v) is 9.41. The molecule has 0 saturated carbocycles. The van der Waals surface area contributed by atoms with Crippen LogP contribution < -0.4 is 14.8 Å². The third-order valence-corrected chi connectivity index (χ3v) is 5.03. The number of benzene rings is 2. The number of fused-ring (bicyclic) bond motifs is 1. The van der Waals surface area contributed by atoms with E-state index in [9.17, 15) is 4.79 Å². The van der Waals surface area contributed by atoms with Crippen LogP contribution in [0.3, 0.4) is 0 Å². The number of nitrogens with zero attached hydrogens (tertiary/aromatic N) is 3. The molecule has 2 aromatic carbocycles. The molecule has 28 heavy (non-hydrogen) atoms. The van der Waals surface area contributed by atoms with Crippen molar-refractivity contribution < 1.29 is 14.3 Å². The molecular formula is C20H14N4O3S. The minimum absolute atomic E-state index is 0.222. The van der Waals surface area contributed by atoms with Crippen molar-refractivity contribution in [3.63, 3.8) is 0 Å². The van der Waals surface area contributed by atoms with Gasteiger partial charge in [-0.25, -0.2) is 9.67 Å². The summed E-state index contributed by atoms with van der Waals surface area (Å²) in [4.78, 5) is 17.1. The first-order valence-electron chi connectivity index (χ1n) is 8.53. The quantitative estimate of drug-likeness (QED) is 0.570. The molecule has 1 N–H and O–H groups in total. The topological polar surface area (TPSA) is 78.3 Å². The average molecular weight is 390 g/mol. The molecule has 0 radical (unpaired) electrons. The molecule has 5 rings (SSSR count). The van der Waals surface area contributed by atoms with Gasteiger partial charge in [0.15, 0.2) is 16.6 Å². The lowest BCUT2D eigenvalue weighted by molar-refractivity contribution is 0.102. The van der Waals surface area contributed by atoms with Crippen molar-refractivity contribution in [2.45, 2.75) is 0 Å². The van der Waals surface area contributed by atoms with Gasteiger partial charge in [0.2, 0.25) is 6.79 Å². The maximum absolute atomic E-state index is 12.6. The second kappa shape index (κ2) is 6.82. The van der Waals surface area contributed by atoms with Crippen LogP contribution in [0.15, 0.2) is 66.3 Å². The van der Waals surface area contributed by atoms with Gasteiger partial charge in [-0.1, -0.05) is 6.07 Å². The third kappa shape index (κ3) is 3.10. The molecule has 3 heterocycles. The number of hydrogen-bond acceptors (Lipinski definition) is 6. The van der Waals surface area contributed by atoms with Crippen LogP contribution in [0.4, 0.5) is 5.13 Å². The van der Waals surface area contributed by atoms with E-state index >= 15 is 0 Å². The van der Waals surface area contributed by atoms with Gasteiger partial charge in [0, 0.05) is 28.9 Å². The number of nitrogens with one attached hydrogen (secondary N) is 1. The van der Waals surface area contributed by atoms with E-state index in [1.165, 1.54) is 11.3 Å². The molecule has 1 amide bonds. The van der Waals surface area contributed by atoms with Crippen LogP contribution in [0.2, 0.25) is 0 Å². The number of hydrogen-bond donors (Lipinski definition) is 1. The zero-order valence-electron chi connectivity index (χ0n) is 14.5. The summed E-state index contributed by atoms with van der Waals surface area (Å²) >= 11 is 1.37. The Morgan fingerprint density at radius 1 is 1.11 bits per heavy atom. The highest BCUT2D eigenvalue weighted by atomic mass is 32.1. The lowest BCUT2D eigenvalue weighted by Crippen LogP contribution is -2.12. The van der Waals surface area contributed by atoms with E-state index in [0.717, 1.165) is 22.7 Å². The molecule has 1 aliphatic heterocycles. The lowest BCUT2D eigenvalue weighted by Gasteiger charge is -2.05. The first kappa shape index (κ1) is 16.5. The first-order chi connectivity index (χ1) is 13.8. The van der Waals surface area contributed by atoms with Crippen LogP contribution in [0.25, 0.3) is 16.9 Å². The van der Waals surface area contributed by atoms with E-state index < -0.39 is 0 Å². The Hall–Kier alpha value is -3.65. The van der Waals surface area contributed by atoms with Gasteiger partial charge in [-0.15, -0.1) is 11.3 Å². The van der Waals surface area contributed by atoms with Crippen molar-refractivity contribution in [3.05, 3.63) is 71.9 Å². The van der Waals surface area contributed by atoms with Crippen molar-refractivity contribution in [1.29, 1.82) is 0 Å². The van der Waals surface area contributed by atoms with Crippen LogP contribution in [-0.4, -0.2) is 27.5 Å². The van der Waals surface area contributed by atoms with E-state index in [2.05, 4.69) is 15.4 Å². The molecule has 0 unspecified atom stereocenters. The molecule has 2 aromatic heterocycles. The highest BCUT2D eigenvalue weighted by Crippen LogP contribution is 2.36.